The highest BCUT2D eigenvalue weighted by Crippen LogP contribution is 2.37. The predicted octanol–water partition coefficient (Wildman–Crippen LogP) is 4.18. The van der Waals surface area contributed by atoms with E-state index in [0.717, 1.165) is 49.6 Å². The Bertz CT molecular complexity index is 1650. The van der Waals surface area contributed by atoms with Crippen LogP contribution in [-0.4, -0.2) is 81.9 Å². The van der Waals surface area contributed by atoms with Gasteiger partial charge in [-0.05, 0) is 61.7 Å². The number of hydrogen-bond donors (Lipinski definition) is 2. The molecule has 2 aliphatic heterocycles. The molecule has 4 heterocycles. The van der Waals surface area contributed by atoms with Crippen LogP contribution in [0.5, 0.6) is 0 Å². The number of nitrogens with zero attached hydrogens (tertiary/aromatic N) is 5. The molecule has 10 nitrogen and oxygen atoms in total. The van der Waals surface area contributed by atoms with Gasteiger partial charge in [0.25, 0.3) is 0 Å². The van der Waals surface area contributed by atoms with Crippen LogP contribution in [0.2, 0.25) is 0 Å². The van der Waals surface area contributed by atoms with Gasteiger partial charge in [-0.1, -0.05) is 26.0 Å². The van der Waals surface area contributed by atoms with E-state index in [1.54, 1.807) is 10.9 Å². The highest BCUT2D eigenvalue weighted by atomic mass is 32.2. The van der Waals surface area contributed by atoms with Gasteiger partial charge in [0.1, 0.15) is 0 Å². The van der Waals surface area contributed by atoms with Crippen molar-refractivity contribution in [2.75, 3.05) is 32.4 Å². The first kappa shape index (κ1) is 35.0. The van der Waals surface area contributed by atoms with Gasteiger partial charge in [0.15, 0.2) is 0 Å². The van der Waals surface area contributed by atoms with Crippen LogP contribution in [-0.2, 0) is 47.0 Å². The molecule has 14 heteroatoms. The maximum absolute atomic E-state index is 14.0. The molecular weight excluding hydrogens is 633 g/mol. The zero-order chi connectivity index (χ0) is 33.9. The number of amides is 1. The second-order valence-corrected chi connectivity index (χ2v) is 15.0. The summed E-state index contributed by atoms with van der Waals surface area (Å²) in [5.41, 5.74) is 2.19. The average Bonchev–Trinajstić information content (AvgIpc) is 3.37. The molecule has 47 heavy (non-hydrogen) atoms. The monoisotopic (exact) mass is 676 g/mol. The lowest BCUT2D eigenvalue weighted by Crippen LogP contribution is -2.40. The van der Waals surface area contributed by atoms with Gasteiger partial charge in [-0.25, -0.2) is 8.42 Å². The van der Waals surface area contributed by atoms with Crippen molar-refractivity contribution in [1.29, 1.82) is 0 Å². The standard InChI is InChI=1S/C33H43F3N6O4S/c1-22(2)16-31(44)38-18-25-17-24(7-8-28(25)33(34,35)36)32-27-21-41(47(3,45)46)15-11-30(27)42(39-32)20-26(43)19-40-13-9-23(10-14-40)29-6-4-5-12-37-29/h4-8,12,17,22-23,26,43H,9-11,13-16,18-21H2,1-3H3,(H,38,44). The zero-order valence-electron chi connectivity index (χ0n) is 27.0. The molecule has 0 bridgehead atoms. The van der Waals surface area contributed by atoms with Crippen LogP contribution in [0.25, 0.3) is 11.3 Å². The lowest BCUT2D eigenvalue weighted by Gasteiger charge is -2.33. The Labute approximate surface area is 274 Å². The quantitative estimate of drug-likeness (QED) is 0.313. The minimum Gasteiger partial charge on any atom is -0.390 e. The van der Waals surface area contributed by atoms with Crippen molar-refractivity contribution in [2.45, 2.75) is 77.4 Å². The summed E-state index contributed by atoms with van der Waals surface area (Å²) < 4.78 is 69.9. The van der Waals surface area contributed by atoms with Crippen LogP contribution in [0.3, 0.4) is 0 Å². The molecule has 2 N–H and O–H groups in total. The van der Waals surface area contributed by atoms with E-state index in [2.05, 4.69) is 15.2 Å². The summed E-state index contributed by atoms with van der Waals surface area (Å²) in [6, 6.07) is 9.61. The van der Waals surface area contributed by atoms with E-state index in [1.807, 2.05) is 32.0 Å². The van der Waals surface area contributed by atoms with E-state index in [9.17, 15) is 31.5 Å². The van der Waals surface area contributed by atoms with Gasteiger partial charge in [0.05, 0.1) is 30.2 Å². The molecule has 1 aromatic carbocycles. The van der Waals surface area contributed by atoms with Crippen molar-refractivity contribution in [3.05, 3.63) is 70.7 Å². The highest BCUT2D eigenvalue weighted by molar-refractivity contribution is 7.88. The van der Waals surface area contributed by atoms with E-state index in [0.29, 0.717) is 35.7 Å². The summed E-state index contributed by atoms with van der Waals surface area (Å²) in [6.07, 6.45) is -0.0952. The molecule has 1 atom stereocenters. The van der Waals surface area contributed by atoms with E-state index in [1.165, 1.54) is 16.4 Å². The molecule has 0 radical (unpaired) electrons. The fraction of sp³-hybridized carbons (Fsp3) is 0.545. The van der Waals surface area contributed by atoms with Crippen molar-refractivity contribution < 1.29 is 31.5 Å². The third-order valence-electron chi connectivity index (χ3n) is 8.87. The predicted molar refractivity (Wildman–Crippen MR) is 172 cm³/mol. The van der Waals surface area contributed by atoms with E-state index < -0.39 is 27.9 Å². The summed E-state index contributed by atoms with van der Waals surface area (Å²) >= 11 is 0. The number of rotatable bonds is 11. The second-order valence-electron chi connectivity index (χ2n) is 13.0. The largest absolute Gasteiger partial charge is 0.416 e. The zero-order valence-corrected chi connectivity index (χ0v) is 27.8. The number of aliphatic hydroxyl groups excluding tert-OH is 1. The fourth-order valence-electron chi connectivity index (χ4n) is 6.52. The summed E-state index contributed by atoms with van der Waals surface area (Å²) in [7, 11) is -3.55. The van der Waals surface area contributed by atoms with E-state index in [-0.39, 0.29) is 50.0 Å². The van der Waals surface area contributed by atoms with Crippen LogP contribution in [0.15, 0.2) is 42.6 Å². The van der Waals surface area contributed by atoms with Crippen LogP contribution < -0.4 is 5.32 Å². The molecule has 1 amide bonds. The number of hydrogen-bond acceptors (Lipinski definition) is 7. The third-order valence-corrected chi connectivity index (χ3v) is 10.1. The number of aliphatic hydroxyl groups is 1. The molecule has 2 aromatic heterocycles. The highest BCUT2D eigenvalue weighted by Gasteiger charge is 2.35. The molecule has 5 rings (SSSR count). The summed E-state index contributed by atoms with van der Waals surface area (Å²) in [6.45, 7) is 5.83. The van der Waals surface area contributed by atoms with Gasteiger partial charge in [-0.15, -0.1) is 0 Å². The molecule has 0 spiro atoms. The Morgan fingerprint density at radius 1 is 1.11 bits per heavy atom. The second kappa shape index (κ2) is 14.4. The molecule has 2 aliphatic rings. The summed E-state index contributed by atoms with van der Waals surface area (Å²) in [5.74, 6) is 0.0737. The normalized spacial score (nSPS) is 17.5. The molecule has 1 saturated heterocycles. The first-order valence-corrected chi connectivity index (χ1v) is 17.9. The number of β-amino-alcohol motifs (C(OH)–C–C–N with tert-alkyl or cyclic N) is 1. The molecule has 1 fully saturated rings. The van der Waals surface area contributed by atoms with Crippen LogP contribution in [0.1, 0.15) is 67.1 Å². The van der Waals surface area contributed by atoms with Gasteiger partial charge in [-0.3, -0.25) is 14.5 Å². The molecule has 256 valence electrons. The Morgan fingerprint density at radius 3 is 2.49 bits per heavy atom. The maximum Gasteiger partial charge on any atom is 0.416 e. The van der Waals surface area contributed by atoms with E-state index in [4.69, 9.17) is 5.10 Å². The van der Waals surface area contributed by atoms with Gasteiger partial charge < -0.3 is 15.3 Å². The first-order valence-electron chi connectivity index (χ1n) is 16.0. The Hall–Kier alpha value is -3.33. The number of benzene rings is 1. The Kier molecular flexibility index (Phi) is 10.7. The maximum atomic E-state index is 14.0. The number of alkyl halides is 3. The van der Waals surface area contributed by atoms with Gasteiger partial charge in [-0.2, -0.15) is 22.6 Å². The molecule has 0 saturated carbocycles. The van der Waals surface area contributed by atoms with Crippen LogP contribution >= 0.6 is 0 Å². The van der Waals surface area contributed by atoms with E-state index >= 15 is 0 Å². The van der Waals surface area contributed by atoms with Gasteiger partial charge in [0.2, 0.25) is 15.9 Å². The first-order chi connectivity index (χ1) is 22.2. The number of aromatic nitrogens is 3. The van der Waals surface area contributed by atoms with Crippen molar-refractivity contribution in [3.63, 3.8) is 0 Å². The molecule has 1 unspecified atom stereocenters. The van der Waals surface area contributed by atoms with Gasteiger partial charge >= 0.3 is 6.18 Å². The average molecular weight is 677 g/mol. The lowest BCUT2D eigenvalue weighted by molar-refractivity contribution is -0.138. The molecule has 3 aromatic rings. The number of pyridine rings is 1. The van der Waals surface area contributed by atoms with Crippen molar-refractivity contribution in [1.82, 2.24) is 29.3 Å². The number of nitrogens with one attached hydrogen (secondary N) is 1. The molecule has 0 aliphatic carbocycles. The minimum atomic E-state index is -4.64. The number of likely N-dealkylation sites (tertiary alicyclic amines) is 1. The Balaban J connectivity index is 1.39. The number of carbonyl (C=O) groups excluding carboxylic acids is 1. The fourth-order valence-corrected chi connectivity index (χ4v) is 7.30. The number of piperidine rings is 1. The lowest BCUT2D eigenvalue weighted by atomic mass is 9.93. The SMILES string of the molecule is CC(C)CC(=O)NCc1cc(-c2nn(CC(O)CN3CCC(c4ccccn4)CC3)c3c2CN(S(C)(=O)=O)CC3)ccc1C(F)(F)F. The smallest absolute Gasteiger partial charge is 0.390 e. The molecular formula is C33H43F3N6O4S. The minimum absolute atomic E-state index is 0.0160. The van der Waals surface area contributed by atoms with Crippen molar-refractivity contribution in [2.24, 2.45) is 5.92 Å². The number of halogens is 3. The van der Waals surface area contributed by atoms with Crippen molar-refractivity contribution >= 4 is 15.9 Å². The third kappa shape index (κ3) is 8.78. The van der Waals surface area contributed by atoms with Crippen LogP contribution in [0.4, 0.5) is 13.2 Å². The summed E-state index contributed by atoms with van der Waals surface area (Å²) in [4.78, 5) is 19.0. The van der Waals surface area contributed by atoms with Crippen LogP contribution in [0, 0.1) is 5.92 Å². The number of fused-ring (bicyclic) bond motifs is 1. The number of sulfonamides is 1. The number of carbonyl (C=O) groups is 1. The van der Waals surface area contributed by atoms with Crippen molar-refractivity contribution in [3.8, 4) is 11.3 Å². The van der Waals surface area contributed by atoms with Gasteiger partial charge in [0, 0.05) is 73.7 Å². The Morgan fingerprint density at radius 2 is 1.85 bits per heavy atom. The topological polar surface area (TPSA) is 121 Å². The summed E-state index contributed by atoms with van der Waals surface area (Å²) in [5, 5.41) is 18.5.